The Bertz CT molecular complexity index is 1120. The molecule has 0 amide bonds. The molecule has 4 aromatic rings. The highest BCUT2D eigenvalue weighted by atomic mass is 35.5. The predicted molar refractivity (Wildman–Crippen MR) is 117 cm³/mol. The molecule has 0 atom stereocenters. The summed E-state index contributed by atoms with van der Waals surface area (Å²) in [7, 11) is 0. The van der Waals surface area contributed by atoms with E-state index in [1.54, 1.807) is 0 Å². The number of benzene rings is 2. The molecule has 3 nitrogen and oxygen atoms in total. The van der Waals surface area contributed by atoms with Crippen molar-refractivity contribution >= 4 is 23.3 Å². The van der Waals surface area contributed by atoms with E-state index in [1.165, 1.54) is 34.3 Å². The first-order valence-corrected chi connectivity index (χ1v) is 9.40. The molecule has 2 aromatic carbocycles. The summed E-state index contributed by atoms with van der Waals surface area (Å²) in [6.07, 6.45) is 1.84. The molecule has 0 aliphatic rings. The molecule has 5 heteroatoms. The Labute approximate surface area is 176 Å². The molecule has 2 aromatic heterocycles. The van der Waals surface area contributed by atoms with Crippen LogP contribution in [0.4, 0.5) is 4.39 Å². The van der Waals surface area contributed by atoms with E-state index >= 15 is 0 Å². The number of ether oxygens (including phenoxy) is 1. The average molecular weight is 411 g/mol. The van der Waals surface area contributed by atoms with Gasteiger partial charge in [-0.1, -0.05) is 29.8 Å². The predicted octanol–water partition coefficient (Wildman–Crippen LogP) is 6.15. The third kappa shape index (κ3) is 4.28. The van der Waals surface area contributed by atoms with Crippen molar-refractivity contribution in [2.24, 2.45) is 0 Å². The minimum Gasteiger partial charge on any atom is -0.487 e. The van der Waals surface area contributed by atoms with E-state index in [-0.39, 0.29) is 18.2 Å². The van der Waals surface area contributed by atoms with Crippen LogP contribution in [0.1, 0.15) is 28.1 Å². The van der Waals surface area contributed by atoms with E-state index in [4.69, 9.17) is 4.74 Å². The molecule has 0 aliphatic heterocycles. The zero-order valence-corrected chi connectivity index (χ0v) is 17.6. The smallest absolute Gasteiger partial charge is 0.132 e. The Hall–Kier alpha value is -2.85. The number of fused-ring (bicyclic) bond motifs is 1. The minimum absolute atomic E-state index is 0. The topological polar surface area (TPSA) is 27.1 Å². The van der Waals surface area contributed by atoms with Gasteiger partial charge in [0.2, 0.25) is 0 Å². The van der Waals surface area contributed by atoms with Crippen molar-refractivity contribution in [1.82, 2.24) is 9.55 Å². The molecule has 0 spiro atoms. The van der Waals surface area contributed by atoms with Crippen molar-refractivity contribution < 1.29 is 9.13 Å². The van der Waals surface area contributed by atoms with Crippen molar-refractivity contribution in [2.75, 3.05) is 0 Å². The lowest BCUT2D eigenvalue weighted by molar-refractivity contribution is 0.302. The molecule has 0 saturated carbocycles. The lowest BCUT2D eigenvalue weighted by atomic mass is 10.1. The molecule has 0 radical (unpaired) electrons. The van der Waals surface area contributed by atoms with Crippen LogP contribution in [0.25, 0.3) is 10.9 Å². The van der Waals surface area contributed by atoms with Gasteiger partial charge in [-0.15, -0.1) is 12.4 Å². The number of hydrogen-bond donors (Lipinski definition) is 0. The van der Waals surface area contributed by atoms with Gasteiger partial charge >= 0.3 is 0 Å². The van der Waals surface area contributed by atoms with Gasteiger partial charge in [-0.3, -0.25) is 4.98 Å². The summed E-state index contributed by atoms with van der Waals surface area (Å²) >= 11 is 0. The number of rotatable bonds is 5. The van der Waals surface area contributed by atoms with Crippen LogP contribution in [0.15, 0.2) is 60.8 Å². The van der Waals surface area contributed by atoms with Gasteiger partial charge < -0.3 is 9.30 Å². The van der Waals surface area contributed by atoms with Crippen molar-refractivity contribution in [3.63, 3.8) is 0 Å². The van der Waals surface area contributed by atoms with E-state index in [1.807, 2.05) is 48.7 Å². The second-order valence-electron chi connectivity index (χ2n) is 7.18. The zero-order valence-electron chi connectivity index (χ0n) is 16.8. The fourth-order valence-corrected chi connectivity index (χ4v) is 3.53. The molecule has 0 unspecified atom stereocenters. The quantitative estimate of drug-likeness (QED) is 0.394. The third-order valence-corrected chi connectivity index (χ3v) is 5.27. The second kappa shape index (κ2) is 8.66. The zero-order chi connectivity index (χ0) is 19.7. The van der Waals surface area contributed by atoms with Gasteiger partial charge in [-0.25, -0.2) is 4.39 Å². The summed E-state index contributed by atoms with van der Waals surface area (Å²) in [5, 5.41) is 1.18. The van der Waals surface area contributed by atoms with Crippen LogP contribution < -0.4 is 4.74 Å². The summed E-state index contributed by atoms with van der Waals surface area (Å²) < 4.78 is 21.5. The van der Waals surface area contributed by atoms with Crippen LogP contribution in [0, 0.1) is 26.6 Å². The van der Waals surface area contributed by atoms with Gasteiger partial charge in [0, 0.05) is 23.8 Å². The average Bonchev–Trinajstić information content (AvgIpc) is 2.95. The largest absolute Gasteiger partial charge is 0.487 e. The number of nitrogens with zero attached hydrogens (tertiary/aromatic N) is 2. The first-order chi connectivity index (χ1) is 13.5. The third-order valence-electron chi connectivity index (χ3n) is 5.27. The first-order valence-electron chi connectivity index (χ1n) is 9.40. The maximum atomic E-state index is 13.3. The van der Waals surface area contributed by atoms with Crippen LogP contribution in [-0.2, 0) is 13.2 Å². The van der Waals surface area contributed by atoms with Crippen LogP contribution in [0.5, 0.6) is 5.75 Å². The van der Waals surface area contributed by atoms with Gasteiger partial charge in [0.1, 0.15) is 23.9 Å². The first kappa shape index (κ1) is 20.9. The lowest BCUT2D eigenvalue weighted by Crippen LogP contribution is -2.06. The summed E-state index contributed by atoms with van der Waals surface area (Å²) in [5.41, 5.74) is 6.65. The number of hydrogen-bond acceptors (Lipinski definition) is 2. The fraction of sp³-hybridized carbons (Fsp3) is 0.208. The summed E-state index contributed by atoms with van der Waals surface area (Å²) in [6.45, 7) is 7.36. The highest BCUT2D eigenvalue weighted by Crippen LogP contribution is 2.28. The molecule has 29 heavy (non-hydrogen) atoms. The Balaban J connectivity index is 0.00000240. The highest BCUT2D eigenvalue weighted by molar-refractivity contribution is 5.87. The van der Waals surface area contributed by atoms with Gasteiger partial charge in [0.05, 0.1) is 5.52 Å². The molecular formula is C24H24ClFN2O. The normalized spacial score (nSPS) is 10.8. The molecule has 2 heterocycles. The Morgan fingerprint density at radius 2 is 1.62 bits per heavy atom. The second-order valence-corrected chi connectivity index (χ2v) is 7.18. The molecule has 0 fully saturated rings. The number of aromatic nitrogens is 2. The van der Waals surface area contributed by atoms with Gasteiger partial charge in [0.15, 0.2) is 0 Å². The molecule has 0 N–H and O–H groups in total. The standard InChI is InChI=1S/C24H23FN2O.ClH/c1-16-4-10-21(11-5-16)28-15-23-24-22(12-13-26-23)17(2)18(3)27(24)14-19-6-8-20(25)9-7-19;/h4-13H,14-15H2,1-3H3;1H. The molecule has 0 bridgehead atoms. The van der Waals surface area contributed by atoms with Crippen LogP contribution >= 0.6 is 12.4 Å². The van der Waals surface area contributed by atoms with E-state index in [9.17, 15) is 4.39 Å². The number of aryl methyl sites for hydroxylation is 2. The monoisotopic (exact) mass is 410 g/mol. The van der Waals surface area contributed by atoms with Crippen LogP contribution in [0.2, 0.25) is 0 Å². The summed E-state index contributed by atoms with van der Waals surface area (Å²) in [4.78, 5) is 4.60. The van der Waals surface area contributed by atoms with Crippen molar-refractivity contribution in [3.05, 3.63) is 94.7 Å². The van der Waals surface area contributed by atoms with Crippen molar-refractivity contribution in [2.45, 2.75) is 33.9 Å². The lowest BCUT2D eigenvalue weighted by Gasteiger charge is -2.12. The minimum atomic E-state index is -0.220. The number of pyridine rings is 1. The molecular weight excluding hydrogens is 387 g/mol. The van der Waals surface area contributed by atoms with E-state index < -0.39 is 0 Å². The maximum Gasteiger partial charge on any atom is 0.132 e. The van der Waals surface area contributed by atoms with E-state index in [0.717, 1.165) is 22.5 Å². The molecule has 0 aliphatic carbocycles. The van der Waals surface area contributed by atoms with Gasteiger partial charge in [0.25, 0.3) is 0 Å². The van der Waals surface area contributed by atoms with E-state index in [0.29, 0.717) is 13.2 Å². The summed E-state index contributed by atoms with van der Waals surface area (Å²) in [5.74, 6) is 0.609. The Morgan fingerprint density at radius 1 is 0.931 bits per heavy atom. The Kier molecular flexibility index (Phi) is 6.23. The van der Waals surface area contributed by atoms with Crippen molar-refractivity contribution in [3.8, 4) is 5.75 Å². The van der Waals surface area contributed by atoms with Crippen LogP contribution in [0.3, 0.4) is 0 Å². The highest BCUT2D eigenvalue weighted by Gasteiger charge is 2.16. The van der Waals surface area contributed by atoms with Gasteiger partial charge in [-0.05, 0) is 62.2 Å². The molecule has 4 rings (SSSR count). The fourth-order valence-electron chi connectivity index (χ4n) is 3.53. The Morgan fingerprint density at radius 3 is 2.31 bits per heavy atom. The maximum absolute atomic E-state index is 13.3. The SMILES string of the molecule is Cc1ccc(OCc2nccc3c(C)c(C)n(Cc4ccc(F)cc4)c23)cc1.Cl. The van der Waals surface area contributed by atoms with Gasteiger partial charge in [-0.2, -0.15) is 0 Å². The summed E-state index contributed by atoms with van der Waals surface area (Å²) in [6, 6.07) is 16.7. The molecule has 150 valence electrons. The number of halogens is 2. The van der Waals surface area contributed by atoms with Crippen LogP contribution in [-0.4, -0.2) is 9.55 Å². The molecule has 0 saturated heterocycles. The van der Waals surface area contributed by atoms with Crippen molar-refractivity contribution in [1.29, 1.82) is 0 Å². The van der Waals surface area contributed by atoms with E-state index in [2.05, 4.69) is 30.3 Å².